The van der Waals surface area contributed by atoms with Crippen molar-refractivity contribution in [1.82, 2.24) is 19.7 Å². The van der Waals surface area contributed by atoms with Crippen LogP contribution in [0.3, 0.4) is 0 Å². The van der Waals surface area contributed by atoms with Gasteiger partial charge in [-0.05, 0) is 25.1 Å². The summed E-state index contributed by atoms with van der Waals surface area (Å²) in [5.41, 5.74) is 2.33. The molecule has 1 fully saturated rings. The van der Waals surface area contributed by atoms with Gasteiger partial charge >= 0.3 is 0 Å². The van der Waals surface area contributed by atoms with Crippen molar-refractivity contribution in [3.63, 3.8) is 0 Å². The standard InChI is InChI=1S/C16H20N4O2/c1-11-7-15(18-19(11)2)16(22)20-8-12(10-21)13(9-20)14-5-3-4-6-17-14/h3-7,12-13,21H,8-10H2,1-2H3/t12-,13+/m0/s1. The van der Waals surface area contributed by atoms with Crippen molar-refractivity contribution in [2.24, 2.45) is 13.0 Å². The molecule has 6 heteroatoms. The van der Waals surface area contributed by atoms with Crippen molar-refractivity contribution in [3.05, 3.63) is 47.5 Å². The SMILES string of the molecule is Cc1cc(C(=O)N2C[C@@H](CO)[C@H](c3ccccn3)C2)nn1C. The fourth-order valence-electron chi connectivity index (χ4n) is 2.98. The molecule has 2 aromatic heterocycles. The number of carbonyl (C=O) groups is 1. The number of rotatable bonds is 3. The van der Waals surface area contributed by atoms with Gasteiger partial charge in [-0.25, -0.2) is 0 Å². The molecule has 1 aliphatic rings. The first-order valence-corrected chi connectivity index (χ1v) is 7.42. The zero-order chi connectivity index (χ0) is 15.7. The number of pyridine rings is 1. The van der Waals surface area contributed by atoms with Gasteiger partial charge < -0.3 is 10.0 Å². The maximum absolute atomic E-state index is 12.6. The molecule has 0 spiro atoms. The van der Waals surface area contributed by atoms with Crippen LogP contribution in [-0.4, -0.2) is 50.4 Å². The third kappa shape index (κ3) is 2.62. The van der Waals surface area contributed by atoms with Crippen molar-refractivity contribution in [1.29, 1.82) is 0 Å². The van der Waals surface area contributed by atoms with Gasteiger partial charge in [0.05, 0.1) is 0 Å². The molecule has 3 heterocycles. The molecule has 1 amide bonds. The van der Waals surface area contributed by atoms with Crippen molar-refractivity contribution in [3.8, 4) is 0 Å². The smallest absolute Gasteiger partial charge is 0.274 e. The van der Waals surface area contributed by atoms with Crippen LogP contribution >= 0.6 is 0 Å². The largest absolute Gasteiger partial charge is 0.396 e. The number of likely N-dealkylation sites (tertiary alicyclic amines) is 1. The number of carbonyl (C=O) groups excluding carboxylic acids is 1. The molecule has 0 radical (unpaired) electrons. The molecule has 0 aliphatic carbocycles. The number of aliphatic hydroxyl groups excluding tert-OH is 1. The van der Waals surface area contributed by atoms with E-state index in [-0.39, 0.29) is 24.3 Å². The van der Waals surface area contributed by atoms with Gasteiger partial charge in [-0.15, -0.1) is 0 Å². The van der Waals surface area contributed by atoms with E-state index in [1.54, 1.807) is 21.8 Å². The second-order valence-corrected chi connectivity index (χ2v) is 5.81. The molecule has 1 saturated heterocycles. The number of hydrogen-bond donors (Lipinski definition) is 1. The minimum absolute atomic E-state index is 0.0173. The average molecular weight is 300 g/mol. The Morgan fingerprint density at radius 2 is 2.23 bits per heavy atom. The minimum atomic E-state index is -0.0828. The number of aliphatic hydroxyl groups is 1. The third-order valence-corrected chi connectivity index (χ3v) is 4.36. The van der Waals surface area contributed by atoms with Gasteiger partial charge in [-0.2, -0.15) is 5.10 Å². The molecule has 3 rings (SSSR count). The maximum atomic E-state index is 12.6. The lowest BCUT2D eigenvalue weighted by Gasteiger charge is -2.15. The zero-order valence-corrected chi connectivity index (χ0v) is 12.8. The number of aromatic nitrogens is 3. The molecule has 116 valence electrons. The molecule has 0 unspecified atom stereocenters. The van der Waals surface area contributed by atoms with E-state index < -0.39 is 0 Å². The summed E-state index contributed by atoms with van der Waals surface area (Å²) < 4.78 is 1.70. The summed E-state index contributed by atoms with van der Waals surface area (Å²) in [6.45, 7) is 3.07. The van der Waals surface area contributed by atoms with E-state index in [4.69, 9.17) is 0 Å². The van der Waals surface area contributed by atoms with Crippen LogP contribution in [0.15, 0.2) is 30.5 Å². The summed E-state index contributed by atoms with van der Waals surface area (Å²) in [6.07, 6.45) is 1.75. The van der Waals surface area contributed by atoms with E-state index >= 15 is 0 Å². The number of nitrogens with zero attached hydrogens (tertiary/aromatic N) is 4. The first-order chi connectivity index (χ1) is 10.6. The predicted molar refractivity (Wildman–Crippen MR) is 81.4 cm³/mol. The zero-order valence-electron chi connectivity index (χ0n) is 12.8. The van der Waals surface area contributed by atoms with Crippen molar-refractivity contribution in [2.75, 3.05) is 19.7 Å². The van der Waals surface area contributed by atoms with Crippen LogP contribution in [0.4, 0.5) is 0 Å². The highest BCUT2D eigenvalue weighted by atomic mass is 16.3. The summed E-state index contributed by atoms with van der Waals surface area (Å²) in [5, 5.41) is 13.9. The quantitative estimate of drug-likeness (QED) is 0.917. The van der Waals surface area contributed by atoms with Gasteiger partial charge in [0.15, 0.2) is 5.69 Å². The molecule has 22 heavy (non-hydrogen) atoms. The molecule has 0 aromatic carbocycles. The molecule has 1 N–H and O–H groups in total. The predicted octanol–water partition coefficient (Wildman–Crippen LogP) is 0.972. The van der Waals surface area contributed by atoms with E-state index in [9.17, 15) is 9.90 Å². The molecule has 2 aromatic rings. The van der Waals surface area contributed by atoms with Crippen LogP contribution in [-0.2, 0) is 7.05 Å². The second-order valence-electron chi connectivity index (χ2n) is 5.81. The van der Waals surface area contributed by atoms with E-state index in [1.165, 1.54) is 0 Å². The summed E-state index contributed by atoms with van der Waals surface area (Å²) in [4.78, 5) is 18.7. The monoisotopic (exact) mass is 300 g/mol. The molecule has 0 saturated carbocycles. The van der Waals surface area contributed by atoms with Crippen molar-refractivity contribution in [2.45, 2.75) is 12.8 Å². The Morgan fingerprint density at radius 3 is 2.82 bits per heavy atom. The van der Waals surface area contributed by atoms with Gasteiger partial charge in [-0.1, -0.05) is 6.07 Å². The Balaban J connectivity index is 1.80. The van der Waals surface area contributed by atoms with Gasteiger partial charge in [0.2, 0.25) is 0 Å². The normalized spacial score (nSPS) is 21.3. The first kappa shape index (κ1) is 14.7. The molecule has 6 nitrogen and oxygen atoms in total. The van der Waals surface area contributed by atoms with E-state index in [0.717, 1.165) is 11.4 Å². The fraction of sp³-hybridized carbons (Fsp3) is 0.438. The summed E-state index contributed by atoms with van der Waals surface area (Å²) in [6, 6.07) is 7.55. The Labute approximate surface area is 129 Å². The summed E-state index contributed by atoms with van der Waals surface area (Å²) in [7, 11) is 1.82. The van der Waals surface area contributed by atoms with E-state index in [1.807, 2.05) is 32.2 Å². The van der Waals surface area contributed by atoms with Crippen LogP contribution in [0.25, 0.3) is 0 Å². The molecule has 0 bridgehead atoms. The van der Waals surface area contributed by atoms with E-state index in [0.29, 0.717) is 18.8 Å². The number of amides is 1. The lowest BCUT2D eigenvalue weighted by molar-refractivity contribution is 0.0774. The topological polar surface area (TPSA) is 71.2 Å². The average Bonchev–Trinajstić information content (AvgIpc) is 3.11. The highest BCUT2D eigenvalue weighted by Crippen LogP contribution is 2.31. The van der Waals surface area contributed by atoms with Gasteiger partial charge in [0.1, 0.15) is 0 Å². The minimum Gasteiger partial charge on any atom is -0.396 e. The molecule has 1 aliphatic heterocycles. The molecular weight excluding hydrogens is 280 g/mol. The summed E-state index contributed by atoms with van der Waals surface area (Å²) in [5.74, 6) is 0.00389. The van der Waals surface area contributed by atoms with Crippen molar-refractivity contribution >= 4 is 5.91 Å². The van der Waals surface area contributed by atoms with Gasteiger partial charge in [0, 0.05) is 56.2 Å². The second kappa shape index (κ2) is 5.88. The highest BCUT2D eigenvalue weighted by Gasteiger charge is 2.37. The maximum Gasteiger partial charge on any atom is 0.274 e. The lowest BCUT2D eigenvalue weighted by atomic mass is 9.93. The Hall–Kier alpha value is -2.21. The number of hydrogen-bond acceptors (Lipinski definition) is 4. The Morgan fingerprint density at radius 1 is 1.41 bits per heavy atom. The van der Waals surface area contributed by atoms with Gasteiger partial charge in [0.25, 0.3) is 5.91 Å². The molecular formula is C16H20N4O2. The van der Waals surface area contributed by atoms with Crippen LogP contribution in [0.1, 0.15) is 27.8 Å². The van der Waals surface area contributed by atoms with Crippen molar-refractivity contribution < 1.29 is 9.90 Å². The van der Waals surface area contributed by atoms with E-state index in [2.05, 4.69) is 10.1 Å². The lowest BCUT2D eigenvalue weighted by Crippen LogP contribution is -2.29. The molecule has 2 atom stereocenters. The number of aryl methyl sites for hydroxylation is 2. The van der Waals surface area contributed by atoms with Crippen LogP contribution < -0.4 is 0 Å². The summed E-state index contributed by atoms with van der Waals surface area (Å²) >= 11 is 0. The van der Waals surface area contributed by atoms with Crippen LogP contribution in [0.2, 0.25) is 0 Å². The fourth-order valence-corrected chi connectivity index (χ4v) is 2.98. The Bertz CT molecular complexity index is 649. The first-order valence-electron chi connectivity index (χ1n) is 7.42. The van der Waals surface area contributed by atoms with Crippen LogP contribution in [0, 0.1) is 12.8 Å². The van der Waals surface area contributed by atoms with Gasteiger partial charge in [-0.3, -0.25) is 14.5 Å². The highest BCUT2D eigenvalue weighted by molar-refractivity contribution is 5.92. The Kier molecular flexibility index (Phi) is 3.94. The third-order valence-electron chi connectivity index (χ3n) is 4.36. The van der Waals surface area contributed by atoms with Crippen LogP contribution in [0.5, 0.6) is 0 Å².